The van der Waals surface area contributed by atoms with E-state index in [1.165, 1.54) is 25.7 Å². The molecule has 0 saturated heterocycles. The number of hydrogen-bond acceptors (Lipinski definition) is 3. The van der Waals surface area contributed by atoms with Crippen LogP contribution in [0.4, 0.5) is 0 Å². The van der Waals surface area contributed by atoms with Gasteiger partial charge < -0.3 is 10.6 Å². The lowest BCUT2D eigenvalue weighted by Crippen LogP contribution is -2.39. The fraction of sp³-hybridized carbons (Fsp3) is 0.923. The van der Waals surface area contributed by atoms with Crippen molar-refractivity contribution in [1.29, 1.82) is 0 Å². The maximum absolute atomic E-state index is 11.6. The van der Waals surface area contributed by atoms with Crippen LogP contribution in [-0.2, 0) is 4.79 Å². The second kappa shape index (κ2) is 7.27. The molecule has 1 aliphatic rings. The van der Waals surface area contributed by atoms with Crippen molar-refractivity contribution in [3.8, 4) is 0 Å². The highest BCUT2D eigenvalue weighted by atomic mass is 32.2. The summed E-state index contributed by atoms with van der Waals surface area (Å²) in [6.45, 7) is 2.24. The Morgan fingerprint density at radius 1 is 1.41 bits per heavy atom. The molecule has 1 saturated carbocycles. The SMILES string of the molecule is CCCC1CCC(N)C(SCC(=O)N(C)C)C1. The number of amides is 1. The highest BCUT2D eigenvalue weighted by Crippen LogP contribution is 2.33. The fourth-order valence-corrected chi connectivity index (χ4v) is 3.81. The van der Waals surface area contributed by atoms with Crippen LogP contribution in [0.5, 0.6) is 0 Å². The minimum Gasteiger partial charge on any atom is -0.348 e. The van der Waals surface area contributed by atoms with Crippen molar-refractivity contribution in [2.24, 2.45) is 11.7 Å². The van der Waals surface area contributed by atoms with E-state index in [0.717, 1.165) is 12.3 Å². The molecule has 0 aromatic heterocycles. The van der Waals surface area contributed by atoms with Crippen molar-refractivity contribution in [2.45, 2.75) is 50.3 Å². The summed E-state index contributed by atoms with van der Waals surface area (Å²) in [7, 11) is 3.62. The highest BCUT2D eigenvalue weighted by molar-refractivity contribution is 8.00. The van der Waals surface area contributed by atoms with Crippen molar-refractivity contribution in [3.05, 3.63) is 0 Å². The van der Waals surface area contributed by atoms with Gasteiger partial charge in [0.2, 0.25) is 5.91 Å². The Kier molecular flexibility index (Phi) is 6.34. The van der Waals surface area contributed by atoms with Crippen LogP contribution in [0.25, 0.3) is 0 Å². The Morgan fingerprint density at radius 2 is 2.12 bits per heavy atom. The van der Waals surface area contributed by atoms with Crippen molar-refractivity contribution >= 4 is 17.7 Å². The lowest BCUT2D eigenvalue weighted by molar-refractivity contribution is -0.125. The molecule has 3 nitrogen and oxygen atoms in total. The number of carbonyl (C=O) groups excluding carboxylic acids is 1. The highest BCUT2D eigenvalue weighted by Gasteiger charge is 2.28. The third-order valence-electron chi connectivity index (χ3n) is 3.57. The first-order chi connectivity index (χ1) is 8.04. The van der Waals surface area contributed by atoms with Crippen LogP contribution in [0.2, 0.25) is 0 Å². The normalized spacial score (nSPS) is 29.1. The van der Waals surface area contributed by atoms with Gasteiger partial charge in [0.1, 0.15) is 0 Å². The molecule has 0 radical (unpaired) electrons. The topological polar surface area (TPSA) is 46.3 Å². The first-order valence-electron chi connectivity index (χ1n) is 6.62. The van der Waals surface area contributed by atoms with E-state index in [9.17, 15) is 4.79 Å². The minimum absolute atomic E-state index is 0.194. The molecule has 1 fully saturated rings. The Bertz CT molecular complexity index is 246. The van der Waals surface area contributed by atoms with Crippen LogP contribution in [0.1, 0.15) is 39.0 Å². The number of nitrogens with zero attached hydrogens (tertiary/aromatic N) is 1. The van der Waals surface area contributed by atoms with E-state index in [1.807, 2.05) is 14.1 Å². The molecule has 3 unspecified atom stereocenters. The van der Waals surface area contributed by atoms with Gasteiger partial charge >= 0.3 is 0 Å². The van der Waals surface area contributed by atoms with Gasteiger partial charge in [-0.15, -0.1) is 11.8 Å². The molecular formula is C13H26N2OS. The molecule has 3 atom stereocenters. The predicted molar refractivity (Wildman–Crippen MR) is 75.2 cm³/mol. The van der Waals surface area contributed by atoms with Gasteiger partial charge in [0, 0.05) is 25.4 Å². The monoisotopic (exact) mass is 258 g/mol. The van der Waals surface area contributed by atoms with E-state index in [0.29, 0.717) is 11.0 Å². The number of carbonyl (C=O) groups is 1. The predicted octanol–water partition coefficient (Wildman–Crippen LogP) is 2.10. The smallest absolute Gasteiger partial charge is 0.232 e. The Morgan fingerprint density at radius 3 is 2.71 bits per heavy atom. The molecule has 0 aliphatic heterocycles. The molecule has 1 rings (SSSR count). The molecule has 1 aliphatic carbocycles. The van der Waals surface area contributed by atoms with E-state index in [1.54, 1.807) is 16.7 Å². The van der Waals surface area contributed by atoms with Gasteiger partial charge in [-0.05, 0) is 25.2 Å². The van der Waals surface area contributed by atoms with Gasteiger partial charge in [0.05, 0.1) is 5.75 Å². The quantitative estimate of drug-likeness (QED) is 0.821. The number of rotatable bonds is 5. The summed E-state index contributed by atoms with van der Waals surface area (Å²) in [6.07, 6.45) is 6.16. The average Bonchev–Trinajstić information content (AvgIpc) is 2.29. The van der Waals surface area contributed by atoms with Crippen LogP contribution in [-0.4, -0.2) is 41.9 Å². The number of thioether (sulfide) groups is 1. The minimum atomic E-state index is 0.194. The molecule has 100 valence electrons. The molecule has 0 heterocycles. The van der Waals surface area contributed by atoms with Gasteiger partial charge in [0.15, 0.2) is 0 Å². The van der Waals surface area contributed by atoms with Gasteiger partial charge in [-0.25, -0.2) is 0 Å². The van der Waals surface area contributed by atoms with Crippen molar-refractivity contribution in [1.82, 2.24) is 4.90 Å². The Labute approximate surface area is 109 Å². The van der Waals surface area contributed by atoms with Crippen LogP contribution < -0.4 is 5.73 Å². The van der Waals surface area contributed by atoms with Crippen molar-refractivity contribution < 1.29 is 4.79 Å². The van der Waals surface area contributed by atoms with Crippen LogP contribution in [0.3, 0.4) is 0 Å². The lowest BCUT2D eigenvalue weighted by atomic mass is 9.83. The second-order valence-electron chi connectivity index (χ2n) is 5.27. The molecule has 17 heavy (non-hydrogen) atoms. The third-order valence-corrected chi connectivity index (χ3v) is 4.95. The summed E-state index contributed by atoms with van der Waals surface area (Å²) in [4.78, 5) is 13.2. The fourth-order valence-electron chi connectivity index (χ4n) is 2.40. The molecule has 0 spiro atoms. The number of hydrogen-bond donors (Lipinski definition) is 1. The molecule has 1 amide bonds. The Hall–Kier alpha value is -0.220. The first-order valence-corrected chi connectivity index (χ1v) is 7.66. The van der Waals surface area contributed by atoms with Crippen LogP contribution in [0, 0.1) is 5.92 Å². The van der Waals surface area contributed by atoms with Crippen molar-refractivity contribution in [2.75, 3.05) is 19.8 Å². The third kappa shape index (κ3) is 4.88. The standard InChI is InChI=1S/C13H26N2OS/c1-4-5-10-6-7-11(14)12(8-10)17-9-13(16)15(2)3/h10-12H,4-9,14H2,1-3H3. The summed E-state index contributed by atoms with van der Waals surface area (Å²) >= 11 is 1.76. The molecule has 2 N–H and O–H groups in total. The second-order valence-corrected chi connectivity index (χ2v) is 6.50. The largest absolute Gasteiger partial charge is 0.348 e. The van der Waals surface area contributed by atoms with Crippen molar-refractivity contribution in [3.63, 3.8) is 0 Å². The molecular weight excluding hydrogens is 232 g/mol. The zero-order valence-electron chi connectivity index (χ0n) is 11.3. The van der Waals surface area contributed by atoms with E-state index in [4.69, 9.17) is 5.73 Å². The summed E-state index contributed by atoms with van der Waals surface area (Å²) in [5.74, 6) is 1.59. The number of nitrogens with two attached hydrogens (primary N) is 1. The van der Waals surface area contributed by atoms with E-state index in [-0.39, 0.29) is 11.9 Å². The van der Waals surface area contributed by atoms with Gasteiger partial charge in [-0.1, -0.05) is 19.8 Å². The molecule has 4 heteroatoms. The maximum atomic E-state index is 11.6. The van der Waals surface area contributed by atoms with Crippen LogP contribution >= 0.6 is 11.8 Å². The average molecular weight is 258 g/mol. The zero-order chi connectivity index (χ0) is 12.8. The van der Waals surface area contributed by atoms with Gasteiger partial charge in [0.25, 0.3) is 0 Å². The summed E-state index contributed by atoms with van der Waals surface area (Å²) < 4.78 is 0. The van der Waals surface area contributed by atoms with Gasteiger partial charge in [-0.2, -0.15) is 0 Å². The molecule has 0 aromatic carbocycles. The first kappa shape index (κ1) is 14.8. The van der Waals surface area contributed by atoms with E-state index < -0.39 is 0 Å². The molecule has 0 bridgehead atoms. The van der Waals surface area contributed by atoms with Gasteiger partial charge in [-0.3, -0.25) is 4.79 Å². The zero-order valence-corrected chi connectivity index (χ0v) is 12.1. The van der Waals surface area contributed by atoms with E-state index >= 15 is 0 Å². The maximum Gasteiger partial charge on any atom is 0.232 e. The summed E-state index contributed by atoms with van der Waals surface area (Å²) in [6, 6.07) is 0.281. The van der Waals surface area contributed by atoms with E-state index in [2.05, 4.69) is 6.92 Å². The Balaban J connectivity index is 2.36. The molecule has 0 aromatic rings. The lowest BCUT2D eigenvalue weighted by Gasteiger charge is -2.33. The summed E-state index contributed by atoms with van der Waals surface area (Å²) in [5.41, 5.74) is 6.15. The summed E-state index contributed by atoms with van der Waals surface area (Å²) in [5, 5.41) is 0.476. The van der Waals surface area contributed by atoms with Crippen LogP contribution in [0.15, 0.2) is 0 Å².